The van der Waals surface area contributed by atoms with E-state index in [1.54, 1.807) is 0 Å². The molecule has 0 aromatic carbocycles. The molecular weight excluding hydrogens is 617 g/mol. The summed E-state index contributed by atoms with van der Waals surface area (Å²) in [7, 11) is 5.31. The van der Waals surface area contributed by atoms with Crippen LogP contribution < -0.4 is 0 Å². The van der Waals surface area contributed by atoms with Crippen molar-refractivity contribution < 1.29 is 13.8 Å². The maximum atomic E-state index is 13.2. The molecule has 0 aromatic heterocycles. The van der Waals surface area contributed by atoms with Crippen LogP contribution in [-0.4, -0.2) is 50.5 Å². The fourth-order valence-corrected chi connectivity index (χ4v) is 9.02. The van der Waals surface area contributed by atoms with E-state index in [1.165, 1.54) is 218 Å². The zero-order chi connectivity index (χ0) is 35.9. The van der Waals surface area contributed by atoms with E-state index in [0.29, 0.717) is 5.52 Å². The summed E-state index contributed by atoms with van der Waals surface area (Å²) in [5.74, 6) is 0. The van der Waals surface area contributed by atoms with Crippen molar-refractivity contribution in [2.75, 3.05) is 40.5 Å². The number of hydrogen-bond donors (Lipinski definition) is 0. The first-order valence-corrected chi connectivity index (χ1v) is 24.3. The molecule has 0 bridgehead atoms. The Labute approximate surface area is 312 Å². The van der Waals surface area contributed by atoms with E-state index in [0.717, 1.165) is 36.6 Å². The van der Waals surface area contributed by atoms with Crippen LogP contribution in [0.3, 0.4) is 0 Å². The summed E-state index contributed by atoms with van der Waals surface area (Å²) in [6.45, 7) is 6.32. The molecule has 0 aliphatic carbocycles. The first-order valence-electron chi connectivity index (χ1n) is 22.7. The molecule has 49 heavy (non-hydrogen) atoms. The molecule has 1 atom stereocenters. The van der Waals surface area contributed by atoms with Gasteiger partial charge in [-0.25, -0.2) is 0 Å². The summed E-state index contributed by atoms with van der Waals surface area (Å²) in [5.41, 5.74) is 0.471. The van der Waals surface area contributed by atoms with Crippen LogP contribution in [0.15, 0.2) is 0 Å². The summed E-state index contributed by atoms with van der Waals surface area (Å²) >= 11 is 0. The molecule has 4 heteroatoms. The fourth-order valence-electron chi connectivity index (χ4n) is 7.07. The quantitative estimate of drug-likeness (QED) is 0.0358. The smallest absolute Gasteiger partial charge is 0.0654 e. The minimum absolute atomic E-state index is 0.471. The molecule has 0 saturated heterocycles. The van der Waals surface area contributed by atoms with Crippen molar-refractivity contribution in [1.29, 1.82) is 0 Å². The van der Waals surface area contributed by atoms with Gasteiger partial charge in [-0.15, -0.1) is 0 Å². The zero-order valence-corrected chi connectivity index (χ0v) is 35.8. The van der Waals surface area contributed by atoms with Crippen LogP contribution in [0.4, 0.5) is 0 Å². The number of quaternary nitrogens is 1. The van der Waals surface area contributed by atoms with Crippen LogP contribution in [0, 0.1) is 0 Å². The van der Waals surface area contributed by atoms with Crippen molar-refractivity contribution in [2.45, 2.75) is 245 Å². The summed E-state index contributed by atoms with van der Waals surface area (Å²) in [5, 5.41) is 0. The maximum absolute atomic E-state index is 13.2. The van der Waals surface area contributed by atoms with Gasteiger partial charge in [0.2, 0.25) is 0 Å². The zero-order valence-electron chi connectivity index (χ0n) is 34.8. The second-order valence-electron chi connectivity index (χ2n) is 16.9. The summed E-state index contributed by atoms with van der Waals surface area (Å²) < 4.78 is 7.24. The number of carbonyl (C=O) groups is 1. The Morgan fingerprint density at radius 3 is 0.959 bits per heavy atom. The Bertz CT molecular complexity index is 648. The van der Waals surface area contributed by atoms with Crippen molar-refractivity contribution in [2.24, 2.45) is 0 Å². The van der Waals surface area contributed by atoms with Gasteiger partial charge in [-0.2, -0.15) is 0 Å². The van der Waals surface area contributed by atoms with E-state index in [2.05, 4.69) is 35.0 Å². The van der Waals surface area contributed by atoms with E-state index in [4.69, 9.17) is 4.52 Å². The van der Waals surface area contributed by atoms with Crippen LogP contribution in [0.25, 0.3) is 0 Å². The topological polar surface area (TPSA) is 26.3 Å². The fraction of sp³-hybridized carbons (Fsp3) is 0.978. The molecule has 0 rings (SSSR count). The van der Waals surface area contributed by atoms with Crippen molar-refractivity contribution in [3.8, 4) is 0 Å². The van der Waals surface area contributed by atoms with Gasteiger partial charge < -0.3 is 0 Å². The van der Waals surface area contributed by atoms with Gasteiger partial charge in [-0.1, -0.05) is 104 Å². The van der Waals surface area contributed by atoms with Gasteiger partial charge >= 0.3 is 209 Å². The van der Waals surface area contributed by atoms with Crippen LogP contribution in [-0.2, 0) is 9.32 Å². The van der Waals surface area contributed by atoms with Gasteiger partial charge in [0.05, 0.1) is 0 Å². The Morgan fingerprint density at radius 1 is 0.408 bits per heavy atom. The molecule has 0 radical (unpaired) electrons. The molecule has 1 unspecified atom stereocenters. The van der Waals surface area contributed by atoms with E-state index in [-0.39, 0.29) is 0 Å². The standard InChI is InChI=1S/C45H94NO2P/c1-6-8-10-12-14-16-18-20-22-23-24-25-26-28-30-32-34-36-38-40-44-49(48-43-42-46(3,4)5)45(47)41-39-37-35-33-31-29-27-21-19-17-15-13-11-9-7-2/h49H,6-44H2,1-5H3. The van der Waals surface area contributed by atoms with Crippen molar-refractivity contribution in [3.63, 3.8) is 0 Å². The van der Waals surface area contributed by atoms with Crippen molar-refractivity contribution in [1.82, 2.24) is 0 Å². The average Bonchev–Trinajstić information content (AvgIpc) is 3.07. The van der Waals surface area contributed by atoms with Gasteiger partial charge in [0.25, 0.3) is 0 Å². The average molecular weight is 712 g/mol. The summed E-state index contributed by atoms with van der Waals surface area (Å²) in [6, 6.07) is 0. The molecule has 0 N–H and O–H groups in total. The predicted molar refractivity (Wildman–Crippen MR) is 225 cm³/mol. The molecule has 0 aliphatic heterocycles. The van der Waals surface area contributed by atoms with E-state index >= 15 is 0 Å². The van der Waals surface area contributed by atoms with Crippen molar-refractivity contribution in [3.05, 3.63) is 0 Å². The van der Waals surface area contributed by atoms with Crippen molar-refractivity contribution >= 4 is 13.7 Å². The third-order valence-corrected chi connectivity index (χ3v) is 12.8. The second kappa shape index (κ2) is 39.2. The molecule has 296 valence electrons. The molecule has 0 aliphatic rings. The Hall–Kier alpha value is 0.0200. The van der Waals surface area contributed by atoms with Gasteiger partial charge in [-0.05, 0) is 0 Å². The van der Waals surface area contributed by atoms with Crippen LogP contribution in [0.2, 0.25) is 0 Å². The molecular formula is C45H94NO2P. The molecule has 0 fully saturated rings. The van der Waals surface area contributed by atoms with Crippen LogP contribution in [0.1, 0.15) is 245 Å². The number of likely N-dealkylation sites (N-methyl/N-ethyl adjacent to an activating group) is 1. The van der Waals surface area contributed by atoms with Gasteiger partial charge in [0, 0.05) is 0 Å². The minimum Gasteiger partial charge on any atom is -0.0654 e. The Kier molecular flexibility index (Phi) is 39.2. The number of rotatable bonds is 42. The normalized spacial score (nSPS) is 13.0. The first-order chi connectivity index (χ1) is 23.9. The number of carbonyl (C=O) groups excluding carboxylic acids is 1. The number of unbranched alkanes of at least 4 members (excludes halogenated alkanes) is 33. The molecule has 0 amide bonds. The SMILES string of the molecule is CCCCCCCCCCCCCCCCCCCCCC[PH-](OCC[N+](C)(C)C)C(=O)CCCCCCCCCCCCCCCCC. The minimum atomic E-state index is -1.34. The van der Waals surface area contributed by atoms with E-state index in [9.17, 15) is 4.79 Å². The van der Waals surface area contributed by atoms with Gasteiger partial charge in [0.15, 0.2) is 0 Å². The van der Waals surface area contributed by atoms with Gasteiger partial charge in [-0.3, -0.25) is 0 Å². The van der Waals surface area contributed by atoms with E-state index in [1.807, 2.05) is 0 Å². The van der Waals surface area contributed by atoms with Gasteiger partial charge in [0.1, 0.15) is 0 Å². The summed E-state index contributed by atoms with van der Waals surface area (Å²) in [6.07, 6.45) is 50.6. The van der Waals surface area contributed by atoms with E-state index < -0.39 is 8.15 Å². The molecule has 3 nitrogen and oxygen atoms in total. The van der Waals surface area contributed by atoms with Crippen LogP contribution in [0.5, 0.6) is 0 Å². The first kappa shape index (κ1) is 49.0. The second-order valence-corrected chi connectivity index (χ2v) is 19.1. The molecule has 0 heterocycles. The molecule has 0 spiro atoms. The monoisotopic (exact) mass is 712 g/mol. The predicted octanol–water partition coefficient (Wildman–Crippen LogP) is 15.4. The Balaban J connectivity index is 3.79. The number of hydrogen-bond acceptors (Lipinski definition) is 2. The molecule has 0 saturated carbocycles. The summed E-state index contributed by atoms with van der Waals surface area (Å²) in [4.78, 5) is 13.2. The third-order valence-electron chi connectivity index (χ3n) is 10.6. The number of nitrogens with zero attached hydrogens (tertiary/aromatic N) is 1. The third kappa shape index (κ3) is 40.6. The Morgan fingerprint density at radius 2 is 0.673 bits per heavy atom. The molecule has 0 aromatic rings. The van der Waals surface area contributed by atoms with Crippen LogP contribution >= 0.6 is 8.15 Å².